The second-order valence-electron chi connectivity index (χ2n) is 26.9. The van der Waals surface area contributed by atoms with Gasteiger partial charge < -0.3 is 33.8 Å². The summed E-state index contributed by atoms with van der Waals surface area (Å²) in [6, 6.07) is 0. The van der Waals surface area contributed by atoms with Crippen molar-refractivity contribution in [2.24, 2.45) is 17.8 Å². The molecule has 0 aliphatic heterocycles. The Hall–Kier alpha value is -1.94. The summed E-state index contributed by atoms with van der Waals surface area (Å²) in [7, 11) is -9.90. The van der Waals surface area contributed by atoms with Crippen LogP contribution in [0.1, 0.15) is 363 Å². The minimum atomic E-state index is -4.95. The van der Waals surface area contributed by atoms with Gasteiger partial charge in [0.25, 0.3) is 0 Å². The Balaban J connectivity index is 5.23. The standard InChI is InChI=1S/C72H140O17P2/c1-8-11-12-13-14-23-32-39-46-53-69(74)82-60-68(89-72(77)56-49-42-35-28-29-36-43-50-63(4)5)62-87-91(80,81)85-58-66(73)57-84-90(78,79)86-61-67(59-83-70(75)54-47-40-33-26-22-21-25-31-38-45-52-65(7)10-3)88-71(76)55-48-41-34-27-20-18-16-15-17-19-24-30-37-44-51-64(6)9-2/h63-68,73H,8-62H2,1-7H3,(H,78,79)(H,80,81)/t64?,65?,66-,67-,68-/m1/s1. The number of esters is 4. The predicted molar refractivity (Wildman–Crippen MR) is 368 cm³/mol. The van der Waals surface area contributed by atoms with E-state index in [1.165, 1.54) is 173 Å². The van der Waals surface area contributed by atoms with E-state index in [0.717, 1.165) is 102 Å². The average molecular weight is 1340 g/mol. The fraction of sp³-hybridized carbons (Fsp3) is 0.944. The molecule has 0 aliphatic rings. The molecule has 4 unspecified atom stereocenters. The zero-order valence-electron chi connectivity index (χ0n) is 59.3. The molecule has 19 heteroatoms. The van der Waals surface area contributed by atoms with Gasteiger partial charge in [0.1, 0.15) is 19.3 Å². The number of phosphoric acid groups is 2. The minimum Gasteiger partial charge on any atom is -0.462 e. The third-order valence-electron chi connectivity index (χ3n) is 17.4. The van der Waals surface area contributed by atoms with E-state index in [1.807, 2.05) is 0 Å². The zero-order valence-corrected chi connectivity index (χ0v) is 61.1. The van der Waals surface area contributed by atoms with Crippen LogP contribution in [0.2, 0.25) is 0 Å². The van der Waals surface area contributed by atoms with Gasteiger partial charge in [-0.3, -0.25) is 37.3 Å². The molecule has 91 heavy (non-hydrogen) atoms. The van der Waals surface area contributed by atoms with Gasteiger partial charge in [-0.05, 0) is 43.4 Å². The smallest absolute Gasteiger partial charge is 0.462 e. The predicted octanol–water partition coefficient (Wildman–Crippen LogP) is 20.6. The van der Waals surface area contributed by atoms with Crippen LogP contribution < -0.4 is 0 Å². The van der Waals surface area contributed by atoms with Crippen molar-refractivity contribution in [2.75, 3.05) is 39.6 Å². The van der Waals surface area contributed by atoms with E-state index in [4.69, 9.17) is 37.0 Å². The summed E-state index contributed by atoms with van der Waals surface area (Å²) in [6.07, 6.45) is 47.2. The third-order valence-corrected chi connectivity index (χ3v) is 19.3. The number of unbranched alkanes of at least 4 members (excludes halogenated alkanes) is 36. The molecule has 0 amide bonds. The highest BCUT2D eigenvalue weighted by Gasteiger charge is 2.30. The lowest BCUT2D eigenvalue weighted by molar-refractivity contribution is -0.161. The molecule has 0 radical (unpaired) electrons. The summed E-state index contributed by atoms with van der Waals surface area (Å²) in [4.78, 5) is 72.6. The van der Waals surface area contributed by atoms with E-state index in [9.17, 15) is 43.2 Å². The van der Waals surface area contributed by atoms with Crippen LogP contribution in [0, 0.1) is 17.8 Å². The molecule has 0 saturated heterocycles. The molecular formula is C72H140O17P2. The number of carbonyl (C=O) groups is 4. The van der Waals surface area contributed by atoms with Gasteiger partial charge in [0.05, 0.1) is 26.4 Å². The maximum atomic E-state index is 13.0. The Labute approximate surface area is 556 Å². The Morgan fingerprint density at radius 1 is 0.319 bits per heavy atom. The Kier molecular flexibility index (Phi) is 61.5. The van der Waals surface area contributed by atoms with Crippen LogP contribution in [0.4, 0.5) is 0 Å². The first-order valence-electron chi connectivity index (χ1n) is 37.4. The summed E-state index contributed by atoms with van der Waals surface area (Å²) >= 11 is 0. The molecular weight excluding hydrogens is 1200 g/mol. The number of aliphatic hydroxyl groups excluding tert-OH is 1. The first-order chi connectivity index (χ1) is 43.8. The third kappa shape index (κ3) is 63.9. The summed E-state index contributed by atoms with van der Waals surface area (Å²) in [5, 5.41) is 10.6. The molecule has 3 N–H and O–H groups in total. The van der Waals surface area contributed by atoms with Crippen LogP contribution in [-0.2, 0) is 65.4 Å². The molecule has 0 bridgehead atoms. The molecule has 0 saturated carbocycles. The molecule has 7 atom stereocenters. The van der Waals surface area contributed by atoms with Crippen LogP contribution in [0.15, 0.2) is 0 Å². The van der Waals surface area contributed by atoms with Crippen molar-refractivity contribution in [2.45, 2.75) is 381 Å². The molecule has 0 spiro atoms. The lowest BCUT2D eigenvalue weighted by atomic mass is 9.99. The van der Waals surface area contributed by atoms with Crippen molar-refractivity contribution >= 4 is 39.5 Å². The molecule has 0 fully saturated rings. The van der Waals surface area contributed by atoms with Crippen LogP contribution in [-0.4, -0.2) is 96.7 Å². The molecule has 0 aromatic rings. The number of hydrogen-bond donors (Lipinski definition) is 3. The largest absolute Gasteiger partial charge is 0.472 e. The lowest BCUT2D eigenvalue weighted by Gasteiger charge is -2.21. The van der Waals surface area contributed by atoms with Crippen molar-refractivity contribution in [3.05, 3.63) is 0 Å². The van der Waals surface area contributed by atoms with Crippen molar-refractivity contribution in [3.8, 4) is 0 Å². The molecule has 0 aromatic carbocycles. The number of aliphatic hydroxyl groups is 1. The number of ether oxygens (including phenoxy) is 4. The van der Waals surface area contributed by atoms with Gasteiger partial charge in [-0.1, -0.05) is 312 Å². The quantitative estimate of drug-likeness (QED) is 0.0222. The highest BCUT2D eigenvalue weighted by molar-refractivity contribution is 7.47. The maximum absolute atomic E-state index is 13.0. The molecule has 17 nitrogen and oxygen atoms in total. The van der Waals surface area contributed by atoms with E-state index in [2.05, 4.69) is 48.5 Å². The monoisotopic (exact) mass is 1340 g/mol. The van der Waals surface area contributed by atoms with Gasteiger partial charge in [-0.15, -0.1) is 0 Å². The number of rotatable bonds is 70. The van der Waals surface area contributed by atoms with Crippen molar-refractivity contribution in [1.82, 2.24) is 0 Å². The fourth-order valence-corrected chi connectivity index (χ4v) is 12.4. The zero-order chi connectivity index (χ0) is 67.3. The Morgan fingerprint density at radius 2 is 0.560 bits per heavy atom. The van der Waals surface area contributed by atoms with Gasteiger partial charge in [-0.25, -0.2) is 9.13 Å². The van der Waals surface area contributed by atoms with Gasteiger partial charge >= 0.3 is 39.5 Å². The Bertz CT molecular complexity index is 1790. The van der Waals surface area contributed by atoms with Gasteiger partial charge in [0.15, 0.2) is 12.2 Å². The highest BCUT2D eigenvalue weighted by Crippen LogP contribution is 2.45. The van der Waals surface area contributed by atoms with Crippen molar-refractivity contribution in [1.29, 1.82) is 0 Å². The summed E-state index contributed by atoms with van der Waals surface area (Å²) in [5.41, 5.74) is 0. The summed E-state index contributed by atoms with van der Waals surface area (Å²) in [5.74, 6) is 0.225. The second kappa shape index (κ2) is 62.8. The van der Waals surface area contributed by atoms with Gasteiger partial charge in [-0.2, -0.15) is 0 Å². The van der Waals surface area contributed by atoms with Gasteiger partial charge in [0.2, 0.25) is 0 Å². The number of hydrogen-bond acceptors (Lipinski definition) is 15. The first-order valence-corrected chi connectivity index (χ1v) is 40.4. The molecule has 0 rings (SSSR count). The van der Waals surface area contributed by atoms with E-state index < -0.39 is 97.5 Å². The maximum Gasteiger partial charge on any atom is 0.472 e. The van der Waals surface area contributed by atoms with E-state index in [1.54, 1.807) is 0 Å². The van der Waals surface area contributed by atoms with E-state index in [-0.39, 0.29) is 25.7 Å². The first kappa shape index (κ1) is 89.1. The van der Waals surface area contributed by atoms with E-state index >= 15 is 0 Å². The van der Waals surface area contributed by atoms with Crippen LogP contribution in [0.5, 0.6) is 0 Å². The average Bonchev–Trinajstić information content (AvgIpc) is 3.66. The topological polar surface area (TPSA) is 237 Å². The Morgan fingerprint density at radius 3 is 0.835 bits per heavy atom. The molecule has 540 valence electrons. The fourth-order valence-electron chi connectivity index (χ4n) is 10.8. The van der Waals surface area contributed by atoms with E-state index in [0.29, 0.717) is 31.6 Å². The van der Waals surface area contributed by atoms with Crippen LogP contribution >= 0.6 is 15.6 Å². The van der Waals surface area contributed by atoms with Crippen LogP contribution in [0.3, 0.4) is 0 Å². The van der Waals surface area contributed by atoms with Crippen LogP contribution in [0.25, 0.3) is 0 Å². The highest BCUT2D eigenvalue weighted by atomic mass is 31.2. The molecule has 0 heterocycles. The SMILES string of the molecule is CCCCCCCCCCCC(=O)OC[C@H](COP(=O)(O)OC[C@H](O)COP(=O)(O)OC[C@@H](COC(=O)CCCCCCCCCCCCC(C)CC)OC(=O)CCCCCCCCCCCCCCCCC(C)CC)OC(=O)CCCCCCCCCC(C)C. The second-order valence-corrected chi connectivity index (χ2v) is 29.8. The van der Waals surface area contributed by atoms with Crippen molar-refractivity contribution < 1.29 is 80.2 Å². The summed E-state index contributed by atoms with van der Waals surface area (Å²) < 4.78 is 68.3. The number of phosphoric ester groups is 2. The summed E-state index contributed by atoms with van der Waals surface area (Å²) in [6.45, 7) is 11.9. The normalized spacial score (nSPS) is 14.8. The lowest BCUT2D eigenvalue weighted by Crippen LogP contribution is -2.30. The van der Waals surface area contributed by atoms with Gasteiger partial charge in [0, 0.05) is 25.7 Å². The van der Waals surface area contributed by atoms with Crippen molar-refractivity contribution in [3.63, 3.8) is 0 Å². The molecule has 0 aromatic heterocycles. The number of carbonyl (C=O) groups excluding carboxylic acids is 4. The molecule has 0 aliphatic carbocycles. The minimum absolute atomic E-state index is 0.103.